The van der Waals surface area contributed by atoms with E-state index in [0.29, 0.717) is 30.2 Å². The summed E-state index contributed by atoms with van der Waals surface area (Å²) in [5.74, 6) is 6.45. The third-order valence-electron chi connectivity index (χ3n) is 5.50. The number of anilines is 1. The van der Waals surface area contributed by atoms with E-state index in [1.165, 1.54) is 29.0 Å². The van der Waals surface area contributed by atoms with E-state index < -0.39 is 23.7 Å². The molecular formula is C20H25F3N6O. The highest BCUT2D eigenvalue weighted by Gasteiger charge is 2.36. The van der Waals surface area contributed by atoms with Gasteiger partial charge in [0.15, 0.2) is 0 Å². The van der Waals surface area contributed by atoms with Gasteiger partial charge in [-0.25, -0.2) is 10.5 Å². The van der Waals surface area contributed by atoms with Gasteiger partial charge in [0.2, 0.25) is 0 Å². The van der Waals surface area contributed by atoms with Gasteiger partial charge in [-0.15, -0.1) is 0 Å². The van der Waals surface area contributed by atoms with Crippen molar-refractivity contribution in [2.75, 3.05) is 11.6 Å². The molecule has 4 N–H and O–H groups in total. The molecule has 1 aromatic carbocycles. The number of carbonyl (C=O) groups excluding carboxylic acids is 1. The zero-order valence-corrected chi connectivity index (χ0v) is 17.1. The van der Waals surface area contributed by atoms with Crippen LogP contribution in [0.4, 0.5) is 19.0 Å². The summed E-state index contributed by atoms with van der Waals surface area (Å²) in [7, 11) is 0. The highest BCUT2D eigenvalue weighted by atomic mass is 19.4. The molecule has 162 valence electrons. The minimum absolute atomic E-state index is 0.0154. The van der Waals surface area contributed by atoms with Crippen LogP contribution in [0.1, 0.15) is 41.8 Å². The van der Waals surface area contributed by atoms with Gasteiger partial charge in [-0.1, -0.05) is 6.07 Å². The summed E-state index contributed by atoms with van der Waals surface area (Å²) in [5.41, 5.74) is 6.47. The Kier molecular flexibility index (Phi) is 5.80. The minimum atomic E-state index is -4.53. The SMILES string of the molecule is CCn1nccc1N(N)C1=C(N)C(C)N(C(=O)c2cccc(C(F)(F)F)c2C)CC1. The summed E-state index contributed by atoms with van der Waals surface area (Å²) in [6, 6.07) is 4.86. The second-order valence-corrected chi connectivity index (χ2v) is 7.18. The molecule has 1 aliphatic heterocycles. The fourth-order valence-electron chi connectivity index (χ4n) is 3.75. The number of aryl methyl sites for hydroxylation is 1. The van der Waals surface area contributed by atoms with E-state index in [-0.39, 0.29) is 17.7 Å². The van der Waals surface area contributed by atoms with Crippen molar-refractivity contribution >= 4 is 11.7 Å². The molecule has 1 unspecified atom stereocenters. The van der Waals surface area contributed by atoms with E-state index in [1.807, 2.05) is 6.92 Å². The zero-order chi connectivity index (χ0) is 22.2. The molecule has 0 spiro atoms. The van der Waals surface area contributed by atoms with Gasteiger partial charge >= 0.3 is 6.18 Å². The van der Waals surface area contributed by atoms with Crippen LogP contribution in [0.25, 0.3) is 0 Å². The van der Waals surface area contributed by atoms with E-state index in [0.717, 1.165) is 6.07 Å². The summed E-state index contributed by atoms with van der Waals surface area (Å²) < 4.78 is 41.4. The van der Waals surface area contributed by atoms with Crippen molar-refractivity contribution in [3.63, 3.8) is 0 Å². The van der Waals surface area contributed by atoms with Gasteiger partial charge in [-0.2, -0.15) is 18.3 Å². The molecule has 0 saturated carbocycles. The van der Waals surface area contributed by atoms with E-state index in [1.54, 1.807) is 23.9 Å². The number of rotatable bonds is 4. The lowest BCUT2D eigenvalue weighted by Gasteiger charge is -2.38. The number of carbonyl (C=O) groups is 1. The van der Waals surface area contributed by atoms with Crippen LogP contribution in [-0.2, 0) is 12.7 Å². The number of hydrogen-bond donors (Lipinski definition) is 2. The van der Waals surface area contributed by atoms with Crippen LogP contribution >= 0.6 is 0 Å². The van der Waals surface area contributed by atoms with Gasteiger partial charge in [0.25, 0.3) is 5.91 Å². The number of nitrogens with two attached hydrogens (primary N) is 2. The number of nitrogens with zero attached hydrogens (tertiary/aromatic N) is 4. The number of hydrogen-bond acceptors (Lipinski definition) is 5. The predicted molar refractivity (Wildman–Crippen MR) is 107 cm³/mol. The fourth-order valence-corrected chi connectivity index (χ4v) is 3.75. The normalized spacial score (nSPS) is 17.4. The molecule has 30 heavy (non-hydrogen) atoms. The topological polar surface area (TPSA) is 93.4 Å². The molecule has 7 nitrogen and oxygen atoms in total. The van der Waals surface area contributed by atoms with Crippen molar-refractivity contribution < 1.29 is 18.0 Å². The first kappa shape index (κ1) is 21.7. The Hall–Kier alpha value is -3.01. The number of hydrazine groups is 1. The van der Waals surface area contributed by atoms with Gasteiger partial charge in [-0.3, -0.25) is 9.80 Å². The minimum Gasteiger partial charge on any atom is -0.399 e. The molecule has 0 bridgehead atoms. The average Bonchev–Trinajstić information content (AvgIpc) is 3.17. The Morgan fingerprint density at radius 1 is 1.33 bits per heavy atom. The van der Waals surface area contributed by atoms with Crippen molar-refractivity contribution in [1.82, 2.24) is 14.7 Å². The number of alkyl halides is 3. The Morgan fingerprint density at radius 3 is 2.67 bits per heavy atom. The molecule has 1 atom stereocenters. The Morgan fingerprint density at radius 2 is 2.03 bits per heavy atom. The van der Waals surface area contributed by atoms with Crippen LogP contribution in [0.15, 0.2) is 41.9 Å². The fraction of sp³-hybridized carbons (Fsp3) is 0.400. The van der Waals surface area contributed by atoms with Crippen LogP contribution in [0.5, 0.6) is 0 Å². The lowest BCUT2D eigenvalue weighted by atomic mass is 9.98. The third kappa shape index (κ3) is 3.74. The molecule has 2 heterocycles. The maximum absolute atomic E-state index is 13.2. The Balaban J connectivity index is 1.90. The van der Waals surface area contributed by atoms with Crippen LogP contribution in [-0.4, -0.2) is 33.2 Å². The summed E-state index contributed by atoms with van der Waals surface area (Å²) in [5, 5.41) is 5.65. The smallest absolute Gasteiger partial charge is 0.399 e. The van der Waals surface area contributed by atoms with Crippen molar-refractivity contribution in [2.45, 2.75) is 46.0 Å². The molecule has 10 heteroatoms. The standard InChI is InChI=1S/C20H25F3N6O/c1-4-28-17(8-10-26-28)29(25)16-9-11-27(13(3)18(16)24)19(30)14-6-5-7-15(12(14)2)20(21,22)23/h5-8,10,13H,4,9,11,24-25H2,1-3H3. The number of benzene rings is 1. The first-order valence-corrected chi connectivity index (χ1v) is 9.60. The molecule has 0 fully saturated rings. The second kappa shape index (κ2) is 8.02. The molecule has 2 aromatic rings. The van der Waals surface area contributed by atoms with Crippen LogP contribution in [0.3, 0.4) is 0 Å². The highest BCUT2D eigenvalue weighted by Crippen LogP contribution is 2.34. The number of aromatic nitrogens is 2. The summed E-state index contributed by atoms with van der Waals surface area (Å²) >= 11 is 0. The largest absolute Gasteiger partial charge is 0.416 e. The van der Waals surface area contributed by atoms with Crippen molar-refractivity contribution in [3.05, 3.63) is 58.5 Å². The summed E-state index contributed by atoms with van der Waals surface area (Å²) in [6.07, 6.45) is -2.53. The molecule has 1 aromatic heterocycles. The van der Waals surface area contributed by atoms with Crippen LogP contribution in [0.2, 0.25) is 0 Å². The van der Waals surface area contributed by atoms with E-state index in [2.05, 4.69) is 5.10 Å². The van der Waals surface area contributed by atoms with Gasteiger partial charge in [0.05, 0.1) is 29.2 Å². The van der Waals surface area contributed by atoms with Crippen LogP contribution < -0.4 is 16.6 Å². The van der Waals surface area contributed by atoms with Crippen LogP contribution in [0, 0.1) is 6.92 Å². The van der Waals surface area contributed by atoms with E-state index >= 15 is 0 Å². The highest BCUT2D eigenvalue weighted by molar-refractivity contribution is 5.96. The van der Waals surface area contributed by atoms with Crippen molar-refractivity contribution in [3.8, 4) is 0 Å². The molecule has 0 radical (unpaired) electrons. The predicted octanol–water partition coefficient (Wildman–Crippen LogP) is 3.02. The second-order valence-electron chi connectivity index (χ2n) is 7.18. The van der Waals surface area contributed by atoms with Crippen molar-refractivity contribution in [2.24, 2.45) is 11.6 Å². The lowest BCUT2D eigenvalue weighted by molar-refractivity contribution is -0.138. The maximum Gasteiger partial charge on any atom is 0.416 e. The average molecular weight is 422 g/mol. The Bertz CT molecular complexity index is 981. The van der Waals surface area contributed by atoms with E-state index in [4.69, 9.17) is 11.6 Å². The first-order valence-electron chi connectivity index (χ1n) is 9.60. The monoisotopic (exact) mass is 422 g/mol. The third-order valence-corrected chi connectivity index (χ3v) is 5.50. The quantitative estimate of drug-likeness (QED) is 0.584. The first-order chi connectivity index (χ1) is 14.1. The molecule has 0 aliphatic carbocycles. The molecule has 1 amide bonds. The molecule has 0 saturated heterocycles. The molecular weight excluding hydrogens is 397 g/mol. The summed E-state index contributed by atoms with van der Waals surface area (Å²) in [4.78, 5) is 14.6. The van der Waals surface area contributed by atoms with Gasteiger partial charge < -0.3 is 10.6 Å². The van der Waals surface area contributed by atoms with Gasteiger partial charge in [-0.05, 0) is 38.5 Å². The number of halogens is 3. The molecule has 3 rings (SSSR count). The Labute approximate surface area is 172 Å². The van der Waals surface area contributed by atoms with Gasteiger partial charge in [0.1, 0.15) is 5.82 Å². The summed E-state index contributed by atoms with van der Waals surface area (Å²) in [6.45, 7) is 5.88. The number of amides is 1. The van der Waals surface area contributed by atoms with Gasteiger partial charge in [0, 0.05) is 31.1 Å². The molecule has 1 aliphatic rings. The van der Waals surface area contributed by atoms with E-state index in [9.17, 15) is 18.0 Å². The van der Waals surface area contributed by atoms with Crippen molar-refractivity contribution in [1.29, 1.82) is 0 Å². The zero-order valence-electron chi connectivity index (χ0n) is 17.1. The maximum atomic E-state index is 13.2. The lowest BCUT2D eigenvalue weighted by Crippen LogP contribution is -2.49.